The zero-order valence-corrected chi connectivity index (χ0v) is 11.1. The van der Waals surface area contributed by atoms with Crippen molar-refractivity contribution in [1.29, 1.82) is 0 Å². The minimum atomic E-state index is -0.292. The van der Waals surface area contributed by atoms with Crippen molar-refractivity contribution in [3.63, 3.8) is 0 Å². The minimum absolute atomic E-state index is 0.292. The fraction of sp³-hybridized carbons (Fsp3) is 0.143. The van der Waals surface area contributed by atoms with Gasteiger partial charge in [0, 0.05) is 12.4 Å². The van der Waals surface area contributed by atoms with Gasteiger partial charge in [0.15, 0.2) is 0 Å². The first-order valence-electron chi connectivity index (χ1n) is 5.85. The van der Waals surface area contributed by atoms with Crippen LogP contribution in [0, 0.1) is 0 Å². The molecule has 0 aliphatic heterocycles. The molecule has 0 atom stereocenters. The standard InChI is InChI=1S/C14H13ClN2O2/c1-2-19-13-6-4-3-5-12(13)17-14(18)10-7-8-16-9-11(10)15/h3-9H,2H2,1H3,(H,17,18). The Morgan fingerprint density at radius 1 is 1.37 bits per heavy atom. The molecule has 1 aromatic carbocycles. The summed E-state index contributed by atoms with van der Waals surface area (Å²) in [6.07, 6.45) is 2.96. The number of para-hydroxylation sites is 2. The largest absolute Gasteiger partial charge is 0.492 e. The lowest BCUT2D eigenvalue weighted by atomic mass is 10.2. The summed E-state index contributed by atoms with van der Waals surface area (Å²) in [4.78, 5) is 16.0. The van der Waals surface area contributed by atoms with Gasteiger partial charge in [-0.2, -0.15) is 0 Å². The van der Waals surface area contributed by atoms with E-state index < -0.39 is 0 Å². The van der Waals surface area contributed by atoms with Gasteiger partial charge >= 0.3 is 0 Å². The van der Waals surface area contributed by atoms with Gasteiger partial charge in [0.05, 0.1) is 22.9 Å². The third-order valence-corrected chi connectivity index (χ3v) is 2.75. The van der Waals surface area contributed by atoms with Gasteiger partial charge in [0.1, 0.15) is 5.75 Å². The van der Waals surface area contributed by atoms with E-state index in [1.54, 1.807) is 18.2 Å². The van der Waals surface area contributed by atoms with Crippen molar-refractivity contribution >= 4 is 23.2 Å². The minimum Gasteiger partial charge on any atom is -0.492 e. The quantitative estimate of drug-likeness (QED) is 0.931. The van der Waals surface area contributed by atoms with E-state index in [-0.39, 0.29) is 5.91 Å². The molecule has 0 saturated carbocycles. The predicted octanol–water partition coefficient (Wildman–Crippen LogP) is 3.39. The molecule has 0 aliphatic rings. The molecule has 1 amide bonds. The maximum Gasteiger partial charge on any atom is 0.257 e. The summed E-state index contributed by atoms with van der Waals surface area (Å²) >= 11 is 5.93. The summed E-state index contributed by atoms with van der Waals surface area (Å²) in [5.74, 6) is 0.336. The van der Waals surface area contributed by atoms with Crippen LogP contribution in [0.5, 0.6) is 5.75 Å². The molecule has 2 rings (SSSR count). The maximum atomic E-state index is 12.1. The van der Waals surface area contributed by atoms with Gasteiger partial charge in [-0.05, 0) is 25.1 Å². The number of hydrogen-bond donors (Lipinski definition) is 1. The van der Waals surface area contributed by atoms with Gasteiger partial charge in [-0.1, -0.05) is 23.7 Å². The van der Waals surface area contributed by atoms with Crippen molar-refractivity contribution in [2.24, 2.45) is 0 Å². The number of amides is 1. The molecule has 19 heavy (non-hydrogen) atoms. The summed E-state index contributed by atoms with van der Waals surface area (Å²) in [6.45, 7) is 2.42. The van der Waals surface area contributed by atoms with E-state index in [9.17, 15) is 4.79 Å². The molecular weight excluding hydrogens is 264 g/mol. The predicted molar refractivity (Wildman–Crippen MR) is 74.8 cm³/mol. The van der Waals surface area contributed by atoms with E-state index >= 15 is 0 Å². The van der Waals surface area contributed by atoms with Crippen molar-refractivity contribution in [3.05, 3.63) is 53.3 Å². The van der Waals surface area contributed by atoms with Crippen LogP contribution < -0.4 is 10.1 Å². The van der Waals surface area contributed by atoms with Crippen LogP contribution in [0.2, 0.25) is 5.02 Å². The molecule has 5 heteroatoms. The number of carbonyl (C=O) groups is 1. The number of nitrogens with one attached hydrogen (secondary N) is 1. The highest BCUT2D eigenvalue weighted by Crippen LogP contribution is 2.25. The highest BCUT2D eigenvalue weighted by molar-refractivity contribution is 6.34. The number of aromatic nitrogens is 1. The summed E-state index contributed by atoms with van der Waals surface area (Å²) < 4.78 is 5.44. The first-order valence-corrected chi connectivity index (χ1v) is 6.23. The zero-order chi connectivity index (χ0) is 13.7. The van der Waals surface area contributed by atoms with E-state index in [4.69, 9.17) is 16.3 Å². The van der Waals surface area contributed by atoms with Gasteiger partial charge in [0.25, 0.3) is 5.91 Å². The molecule has 1 aromatic heterocycles. The Hall–Kier alpha value is -2.07. The maximum absolute atomic E-state index is 12.1. The number of ether oxygens (including phenoxy) is 1. The van der Waals surface area contributed by atoms with Crippen molar-refractivity contribution in [1.82, 2.24) is 4.98 Å². The van der Waals surface area contributed by atoms with Gasteiger partial charge in [0.2, 0.25) is 0 Å². The Morgan fingerprint density at radius 3 is 2.89 bits per heavy atom. The van der Waals surface area contributed by atoms with Crippen LogP contribution in [0.25, 0.3) is 0 Å². The molecule has 0 saturated heterocycles. The zero-order valence-electron chi connectivity index (χ0n) is 10.4. The number of halogens is 1. The van der Waals surface area contributed by atoms with Crippen LogP contribution in [0.1, 0.15) is 17.3 Å². The number of carbonyl (C=O) groups excluding carboxylic acids is 1. The van der Waals surface area contributed by atoms with E-state index in [1.165, 1.54) is 12.4 Å². The Bertz CT molecular complexity index is 587. The molecule has 1 N–H and O–H groups in total. The monoisotopic (exact) mass is 276 g/mol. The second kappa shape index (κ2) is 6.20. The Morgan fingerprint density at radius 2 is 2.16 bits per heavy atom. The molecule has 0 unspecified atom stereocenters. The lowest BCUT2D eigenvalue weighted by Gasteiger charge is -2.11. The lowest BCUT2D eigenvalue weighted by molar-refractivity contribution is 0.102. The molecule has 0 fully saturated rings. The number of benzene rings is 1. The van der Waals surface area contributed by atoms with E-state index in [2.05, 4.69) is 10.3 Å². The van der Waals surface area contributed by atoms with Crippen LogP contribution in [-0.2, 0) is 0 Å². The van der Waals surface area contributed by atoms with Gasteiger partial charge in [-0.15, -0.1) is 0 Å². The smallest absolute Gasteiger partial charge is 0.257 e. The Balaban J connectivity index is 2.22. The number of rotatable bonds is 4. The molecule has 0 radical (unpaired) electrons. The summed E-state index contributed by atoms with van der Waals surface area (Å²) in [5, 5.41) is 3.09. The van der Waals surface area contributed by atoms with Crippen molar-refractivity contribution in [2.45, 2.75) is 6.92 Å². The second-order valence-electron chi connectivity index (χ2n) is 3.74. The molecule has 98 valence electrons. The summed E-state index contributed by atoms with van der Waals surface area (Å²) in [7, 11) is 0. The van der Waals surface area contributed by atoms with Crippen LogP contribution in [0.3, 0.4) is 0 Å². The van der Waals surface area contributed by atoms with Crippen molar-refractivity contribution < 1.29 is 9.53 Å². The number of hydrogen-bond acceptors (Lipinski definition) is 3. The van der Waals surface area contributed by atoms with Crippen LogP contribution in [-0.4, -0.2) is 17.5 Å². The molecule has 4 nitrogen and oxygen atoms in total. The van der Waals surface area contributed by atoms with E-state index in [1.807, 2.05) is 19.1 Å². The Kier molecular flexibility index (Phi) is 4.36. The normalized spacial score (nSPS) is 10.0. The van der Waals surface area contributed by atoms with Gasteiger partial charge < -0.3 is 10.1 Å². The lowest BCUT2D eigenvalue weighted by Crippen LogP contribution is -2.13. The van der Waals surface area contributed by atoms with Gasteiger partial charge in [-0.3, -0.25) is 9.78 Å². The second-order valence-corrected chi connectivity index (χ2v) is 4.15. The van der Waals surface area contributed by atoms with Crippen LogP contribution in [0.15, 0.2) is 42.7 Å². The van der Waals surface area contributed by atoms with Crippen molar-refractivity contribution in [2.75, 3.05) is 11.9 Å². The molecule has 0 bridgehead atoms. The molecule has 2 aromatic rings. The number of pyridine rings is 1. The number of anilines is 1. The third kappa shape index (κ3) is 3.23. The van der Waals surface area contributed by atoms with Crippen molar-refractivity contribution in [3.8, 4) is 5.75 Å². The van der Waals surface area contributed by atoms with Crippen LogP contribution in [0.4, 0.5) is 5.69 Å². The van der Waals surface area contributed by atoms with E-state index in [0.29, 0.717) is 28.6 Å². The third-order valence-electron chi connectivity index (χ3n) is 2.45. The topological polar surface area (TPSA) is 51.2 Å². The van der Waals surface area contributed by atoms with Gasteiger partial charge in [-0.25, -0.2) is 0 Å². The fourth-order valence-corrected chi connectivity index (χ4v) is 1.81. The average molecular weight is 277 g/mol. The SMILES string of the molecule is CCOc1ccccc1NC(=O)c1ccncc1Cl. The summed E-state index contributed by atoms with van der Waals surface area (Å²) in [6, 6.07) is 8.82. The Labute approximate surface area is 116 Å². The number of nitrogens with zero attached hydrogens (tertiary/aromatic N) is 1. The first kappa shape index (κ1) is 13.4. The summed E-state index contributed by atoms with van der Waals surface area (Å²) in [5.41, 5.74) is 0.991. The van der Waals surface area contributed by atoms with Crippen LogP contribution >= 0.6 is 11.6 Å². The van der Waals surface area contributed by atoms with E-state index in [0.717, 1.165) is 0 Å². The fourth-order valence-electron chi connectivity index (χ4n) is 1.60. The molecule has 0 spiro atoms. The highest BCUT2D eigenvalue weighted by Gasteiger charge is 2.12. The molecule has 1 heterocycles. The highest BCUT2D eigenvalue weighted by atomic mass is 35.5. The average Bonchev–Trinajstić information content (AvgIpc) is 2.41. The first-order chi connectivity index (χ1) is 9.22. The molecular formula is C14H13ClN2O2. The molecule has 0 aliphatic carbocycles.